The van der Waals surface area contributed by atoms with Crippen molar-refractivity contribution in [3.63, 3.8) is 0 Å². The number of nitrogens with zero attached hydrogens (tertiary/aromatic N) is 2. The molecule has 0 bridgehead atoms. The normalized spacial score (nSPS) is 10.9. The van der Waals surface area contributed by atoms with Gasteiger partial charge in [0.1, 0.15) is 11.3 Å². The minimum absolute atomic E-state index is 0.365. The maximum absolute atomic E-state index is 6.16. The number of hydrogen-bond acceptors (Lipinski definition) is 3. The molecular formula is C14H11BrClN3O. The topological polar surface area (TPSA) is 53.1 Å². The molecule has 0 aliphatic carbocycles. The van der Waals surface area contributed by atoms with E-state index >= 15 is 0 Å². The molecule has 0 amide bonds. The van der Waals surface area contributed by atoms with Crippen LogP contribution in [0.2, 0.25) is 5.02 Å². The fourth-order valence-electron chi connectivity index (χ4n) is 2.17. The highest BCUT2D eigenvalue weighted by Crippen LogP contribution is 2.33. The number of hydrogen-bond donors (Lipinski definition) is 1. The fourth-order valence-corrected chi connectivity index (χ4v) is 2.73. The zero-order valence-corrected chi connectivity index (χ0v) is 12.9. The number of rotatable bonds is 2. The van der Waals surface area contributed by atoms with Crippen molar-refractivity contribution in [1.82, 2.24) is 9.55 Å². The minimum Gasteiger partial charge on any atom is -0.495 e. The van der Waals surface area contributed by atoms with Crippen molar-refractivity contribution in [1.29, 1.82) is 0 Å². The zero-order valence-electron chi connectivity index (χ0n) is 10.6. The Balaban J connectivity index is 2.38. The lowest BCUT2D eigenvalue weighted by atomic mass is 10.2. The maximum Gasteiger partial charge on any atom is 0.206 e. The highest BCUT2D eigenvalue weighted by molar-refractivity contribution is 9.10. The smallest absolute Gasteiger partial charge is 0.206 e. The molecule has 4 nitrogen and oxygen atoms in total. The average molecular weight is 353 g/mol. The molecule has 2 N–H and O–H groups in total. The van der Waals surface area contributed by atoms with E-state index in [2.05, 4.69) is 20.9 Å². The lowest BCUT2D eigenvalue weighted by molar-refractivity contribution is 0.413. The number of halogens is 2. The van der Waals surface area contributed by atoms with Crippen LogP contribution in [0.25, 0.3) is 16.7 Å². The third-order valence-corrected chi connectivity index (χ3v) is 3.84. The van der Waals surface area contributed by atoms with Crippen LogP contribution in [0.1, 0.15) is 0 Å². The second kappa shape index (κ2) is 5.00. The van der Waals surface area contributed by atoms with Crippen molar-refractivity contribution in [2.24, 2.45) is 0 Å². The Morgan fingerprint density at radius 2 is 2.10 bits per heavy atom. The van der Waals surface area contributed by atoms with Gasteiger partial charge in [0.25, 0.3) is 0 Å². The van der Waals surface area contributed by atoms with Crippen LogP contribution < -0.4 is 10.5 Å². The number of aromatic nitrogens is 2. The first-order valence-electron chi connectivity index (χ1n) is 5.88. The second-order valence-corrected chi connectivity index (χ2v) is 5.55. The van der Waals surface area contributed by atoms with Crippen molar-refractivity contribution in [2.75, 3.05) is 12.8 Å². The first-order valence-corrected chi connectivity index (χ1v) is 7.05. The monoisotopic (exact) mass is 351 g/mol. The summed E-state index contributed by atoms with van der Waals surface area (Å²) in [5.41, 5.74) is 8.37. The Morgan fingerprint density at radius 3 is 2.85 bits per heavy atom. The third-order valence-electron chi connectivity index (χ3n) is 3.04. The molecule has 3 aromatic rings. The Labute approximate surface area is 129 Å². The SMILES string of the molecule is COc1ccc(Br)cc1-n1c(N)nc2c(Cl)cccc21. The summed E-state index contributed by atoms with van der Waals surface area (Å²) < 4.78 is 8.15. The van der Waals surface area contributed by atoms with Crippen molar-refractivity contribution in [3.05, 3.63) is 45.9 Å². The predicted molar refractivity (Wildman–Crippen MR) is 84.7 cm³/mol. The van der Waals surface area contributed by atoms with Crippen LogP contribution in [-0.4, -0.2) is 16.7 Å². The largest absolute Gasteiger partial charge is 0.495 e. The summed E-state index contributed by atoms with van der Waals surface area (Å²) in [7, 11) is 1.62. The molecule has 102 valence electrons. The summed E-state index contributed by atoms with van der Waals surface area (Å²) in [6.07, 6.45) is 0. The standard InChI is InChI=1S/C14H11BrClN3O/c1-20-12-6-5-8(15)7-11(12)19-10-4-2-3-9(16)13(10)18-14(19)17/h2-7H,1H3,(H2,17,18). The Bertz CT molecular complexity index is 800. The maximum atomic E-state index is 6.16. The number of nitrogen functional groups attached to an aromatic ring is 1. The molecule has 0 aliphatic rings. The second-order valence-electron chi connectivity index (χ2n) is 4.23. The van der Waals surface area contributed by atoms with Crippen LogP contribution in [0.15, 0.2) is 40.9 Å². The number of fused-ring (bicyclic) bond motifs is 1. The summed E-state index contributed by atoms with van der Waals surface area (Å²) in [5, 5.41) is 0.571. The molecule has 0 atom stereocenters. The lowest BCUT2D eigenvalue weighted by Crippen LogP contribution is -2.02. The molecule has 1 aromatic heterocycles. The summed E-state index contributed by atoms with van der Waals surface area (Å²) in [6, 6.07) is 11.3. The van der Waals surface area contributed by atoms with E-state index in [0.29, 0.717) is 22.2 Å². The van der Waals surface area contributed by atoms with Crippen molar-refractivity contribution >= 4 is 44.5 Å². The number of benzene rings is 2. The number of para-hydroxylation sites is 1. The Morgan fingerprint density at radius 1 is 1.30 bits per heavy atom. The third kappa shape index (κ3) is 2.03. The molecule has 3 rings (SSSR count). The molecular weight excluding hydrogens is 342 g/mol. The highest BCUT2D eigenvalue weighted by Gasteiger charge is 2.15. The molecule has 0 spiro atoms. The minimum atomic E-state index is 0.365. The highest BCUT2D eigenvalue weighted by atomic mass is 79.9. The number of nitrogens with two attached hydrogens (primary N) is 1. The van der Waals surface area contributed by atoms with Gasteiger partial charge < -0.3 is 10.5 Å². The van der Waals surface area contributed by atoms with Gasteiger partial charge in [0.2, 0.25) is 5.95 Å². The molecule has 0 aliphatic heterocycles. The number of ether oxygens (including phenoxy) is 1. The zero-order chi connectivity index (χ0) is 14.3. The van der Waals surface area contributed by atoms with Crippen LogP contribution in [-0.2, 0) is 0 Å². The average Bonchev–Trinajstić information content (AvgIpc) is 2.76. The first-order chi connectivity index (χ1) is 9.61. The molecule has 0 radical (unpaired) electrons. The fraction of sp³-hybridized carbons (Fsp3) is 0.0714. The van der Waals surface area contributed by atoms with E-state index in [1.54, 1.807) is 13.2 Å². The van der Waals surface area contributed by atoms with Gasteiger partial charge in [-0.15, -0.1) is 0 Å². The van der Waals surface area contributed by atoms with Gasteiger partial charge in [0.05, 0.1) is 23.3 Å². The van der Waals surface area contributed by atoms with Crippen LogP contribution in [0, 0.1) is 0 Å². The number of anilines is 1. The van der Waals surface area contributed by atoms with E-state index in [1.807, 2.05) is 34.9 Å². The van der Waals surface area contributed by atoms with Gasteiger partial charge in [-0.05, 0) is 30.3 Å². The summed E-state index contributed by atoms with van der Waals surface area (Å²) in [4.78, 5) is 4.33. The van der Waals surface area contributed by atoms with E-state index in [9.17, 15) is 0 Å². The number of imidazole rings is 1. The molecule has 0 saturated carbocycles. The number of methoxy groups -OCH3 is 1. The first kappa shape index (κ1) is 13.3. The van der Waals surface area contributed by atoms with Crippen molar-refractivity contribution in [3.8, 4) is 11.4 Å². The lowest BCUT2D eigenvalue weighted by Gasteiger charge is -2.12. The molecule has 1 heterocycles. The molecule has 20 heavy (non-hydrogen) atoms. The molecule has 0 unspecified atom stereocenters. The van der Waals surface area contributed by atoms with E-state index in [0.717, 1.165) is 15.7 Å². The Kier molecular flexibility index (Phi) is 3.31. The van der Waals surface area contributed by atoms with Gasteiger partial charge in [-0.25, -0.2) is 4.98 Å². The summed E-state index contributed by atoms with van der Waals surface area (Å²) in [5.74, 6) is 1.07. The van der Waals surface area contributed by atoms with E-state index in [1.165, 1.54) is 0 Å². The van der Waals surface area contributed by atoms with E-state index < -0.39 is 0 Å². The quantitative estimate of drug-likeness (QED) is 0.757. The Hall–Kier alpha value is -1.72. The van der Waals surface area contributed by atoms with Crippen LogP contribution in [0.5, 0.6) is 5.75 Å². The van der Waals surface area contributed by atoms with Gasteiger partial charge >= 0.3 is 0 Å². The van der Waals surface area contributed by atoms with Crippen LogP contribution in [0.4, 0.5) is 5.95 Å². The summed E-state index contributed by atoms with van der Waals surface area (Å²) >= 11 is 9.62. The molecule has 0 saturated heterocycles. The molecule has 2 aromatic carbocycles. The van der Waals surface area contributed by atoms with Gasteiger partial charge in [-0.1, -0.05) is 33.6 Å². The predicted octanol–water partition coefficient (Wildman–Crippen LogP) is 4.03. The van der Waals surface area contributed by atoms with E-state index in [-0.39, 0.29) is 0 Å². The molecule has 0 fully saturated rings. The van der Waals surface area contributed by atoms with E-state index in [4.69, 9.17) is 22.1 Å². The van der Waals surface area contributed by atoms with Crippen molar-refractivity contribution < 1.29 is 4.74 Å². The van der Waals surface area contributed by atoms with Crippen LogP contribution >= 0.6 is 27.5 Å². The van der Waals surface area contributed by atoms with Gasteiger partial charge in [-0.3, -0.25) is 4.57 Å². The van der Waals surface area contributed by atoms with Gasteiger partial charge in [0.15, 0.2) is 0 Å². The van der Waals surface area contributed by atoms with Gasteiger partial charge in [-0.2, -0.15) is 0 Å². The summed E-state index contributed by atoms with van der Waals surface area (Å²) in [6.45, 7) is 0. The van der Waals surface area contributed by atoms with Crippen molar-refractivity contribution in [2.45, 2.75) is 0 Å². The molecule has 6 heteroatoms. The van der Waals surface area contributed by atoms with Gasteiger partial charge in [0, 0.05) is 4.47 Å². The van der Waals surface area contributed by atoms with Crippen LogP contribution in [0.3, 0.4) is 0 Å².